The number of aliphatic carboxylic acids is 1. The molecule has 0 bridgehead atoms. The first-order valence-electron chi connectivity index (χ1n) is 5.09. The van der Waals surface area contributed by atoms with Crippen molar-refractivity contribution < 1.29 is 14.7 Å². The minimum atomic E-state index is -1.15. The summed E-state index contributed by atoms with van der Waals surface area (Å²) in [6.07, 6.45) is 1.49. The molecule has 0 saturated heterocycles. The van der Waals surface area contributed by atoms with E-state index in [-0.39, 0.29) is 0 Å². The average molecular weight is 237 g/mol. The molecular weight excluding hydrogens is 222 g/mol. The SMILES string of the molecule is CC(C(=O)O)C(=O)Nc1ccc(N(C)C)nc1. The van der Waals surface area contributed by atoms with Gasteiger partial charge in [-0.05, 0) is 19.1 Å². The Bertz CT molecular complexity index is 414. The number of carbonyl (C=O) groups excluding carboxylic acids is 1. The second-order valence-electron chi connectivity index (χ2n) is 3.85. The van der Waals surface area contributed by atoms with Gasteiger partial charge in [0, 0.05) is 14.1 Å². The van der Waals surface area contributed by atoms with Crippen molar-refractivity contribution in [1.82, 2.24) is 4.98 Å². The first kappa shape index (κ1) is 13.0. The lowest BCUT2D eigenvalue weighted by Gasteiger charge is -2.12. The van der Waals surface area contributed by atoms with E-state index >= 15 is 0 Å². The Balaban J connectivity index is 2.70. The van der Waals surface area contributed by atoms with Crippen LogP contribution in [-0.2, 0) is 9.59 Å². The number of rotatable bonds is 4. The van der Waals surface area contributed by atoms with Gasteiger partial charge in [-0.15, -0.1) is 0 Å². The summed E-state index contributed by atoms with van der Waals surface area (Å²) in [4.78, 5) is 28.0. The fourth-order valence-corrected chi connectivity index (χ4v) is 1.09. The smallest absolute Gasteiger partial charge is 0.315 e. The molecule has 0 radical (unpaired) electrons. The van der Waals surface area contributed by atoms with Crippen LogP contribution in [0.4, 0.5) is 11.5 Å². The highest BCUT2D eigenvalue weighted by Crippen LogP contribution is 2.12. The largest absolute Gasteiger partial charge is 0.481 e. The van der Waals surface area contributed by atoms with Crippen molar-refractivity contribution in [3.8, 4) is 0 Å². The summed E-state index contributed by atoms with van der Waals surface area (Å²) in [5.41, 5.74) is 0.480. The molecule has 17 heavy (non-hydrogen) atoms. The number of carboxylic acid groups (broad SMARTS) is 1. The summed E-state index contributed by atoms with van der Waals surface area (Å²) in [5, 5.41) is 11.2. The normalized spacial score (nSPS) is 11.7. The van der Waals surface area contributed by atoms with Gasteiger partial charge in [0.15, 0.2) is 0 Å². The van der Waals surface area contributed by atoms with Crippen molar-refractivity contribution in [3.05, 3.63) is 18.3 Å². The molecule has 6 nitrogen and oxygen atoms in total. The molecule has 0 spiro atoms. The van der Waals surface area contributed by atoms with Crippen LogP contribution in [0.1, 0.15) is 6.92 Å². The number of hydrogen-bond donors (Lipinski definition) is 2. The second kappa shape index (κ2) is 5.29. The minimum absolute atomic E-state index is 0.480. The molecule has 0 aliphatic carbocycles. The fraction of sp³-hybridized carbons (Fsp3) is 0.364. The highest BCUT2D eigenvalue weighted by atomic mass is 16.4. The predicted octanol–water partition coefficient (Wildman–Crippen LogP) is 0.807. The van der Waals surface area contributed by atoms with Gasteiger partial charge in [-0.1, -0.05) is 0 Å². The number of nitrogens with one attached hydrogen (secondary N) is 1. The van der Waals surface area contributed by atoms with Gasteiger partial charge in [0.2, 0.25) is 5.91 Å². The second-order valence-corrected chi connectivity index (χ2v) is 3.85. The molecular formula is C11H15N3O3. The topological polar surface area (TPSA) is 82.5 Å². The van der Waals surface area contributed by atoms with Crippen molar-refractivity contribution in [1.29, 1.82) is 0 Å². The maximum Gasteiger partial charge on any atom is 0.315 e. The molecule has 1 heterocycles. The van der Waals surface area contributed by atoms with E-state index in [9.17, 15) is 9.59 Å². The van der Waals surface area contributed by atoms with Gasteiger partial charge in [0.05, 0.1) is 11.9 Å². The number of nitrogens with zero attached hydrogens (tertiary/aromatic N) is 2. The molecule has 1 amide bonds. The Morgan fingerprint density at radius 2 is 2.06 bits per heavy atom. The maximum absolute atomic E-state index is 11.4. The molecule has 1 atom stereocenters. The zero-order valence-electron chi connectivity index (χ0n) is 9.97. The van der Waals surface area contributed by atoms with Crippen molar-refractivity contribution in [2.24, 2.45) is 5.92 Å². The lowest BCUT2D eigenvalue weighted by Crippen LogP contribution is -2.26. The summed E-state index contributed by atoms with van der Waals surface area (Å²) >= 11 is 0. The van der Waals surface area contributed by atoms with Crippen LogP contribution in [-0.4, -0.2) is 36.1 Å². The first-order valence-corrected chi connectivity index (χ1v) is 5.09. The monoisotopic (exact) mass is 237 g/mol. The Morgan fingerprint density at radius 1 is 1.41 bits per heavy atom. The molecule has 92 valence electrons. The molecule has 0 fully saturated rings. The van der Waals surface area contributed by atoms with Gasteiger partial charge in [-0.2, -0.15) is 0 Å². The number of carboxylic acids is 1. The molecule has 0 saturated carbocycles. The Labute approximate surface area is 99.3 Å². The molecule has 0 aliphatic rings. The van der Waals surface area contributed by atoms with Gasteiger partial charge in [-0.25, -0.2) is 4.98 Å². The zero-order valence-corrected chi connectivity index (χ0v) is 9.97. The summed E-state index contributed by atoms with van der Waals surface area (Å²) in [6, 6.07) is 3.41. The van der Waals surface area contributed by atoms with Crippen LogP contribution >= 0.6 is 0 Å². The molecule has 1 aromatic rings. The summed E-state index contributed by atoms with van der Waals surface area (Å²) in [5.74, 6) is -2.03. The van der Waals surface area contributed by atoms with E-state index in [4.69, 9.17) is 5.11 Å². The molecule has 2 N–H and O–H groups in total. The van der Waals surface area contributed by atoms with E-state index < -0.39 is 17.8 Å². The molecule has 0 aromatic carbocycles. The van der Waals surface area contributed by atoms with Gasteiger partial charge < -0.3 is 15.3 Å². The third kappa shape index (κ3) is 3.44. The minimum Gasteiger partial charge on any atom is -0.481 e. The van der Waals surface area contributed by atoms with Crippen LogP contribution in [0, 0.1) is 5.92 Å². The standard InChI is InChI=1S/C11H15N3O3/c1-7(11(16)17)10(15)13-8-4-5-9(12-6-8)14(2)3/h4-7H,1-3H3,(H,13,15)(H,16,17). The van der Waals surface area contributed by atoms with Crippen LogP contribution in [0.5, 0.6) is 0 Å². The van der Waals surface area contributed by atoms with E-state index in [1.807, 2.05) is 19.0 Å². The molecule has 0 aliphatic heterocycles. The Kier molecular flexibility index (Phi) is 4.03. The summed E-state index contributed by atoms with van der Waals surface area (Å²) in [6.45, 7) is 1.33. The molecule has 1 unspecified atom stereocenters. The Hall–Kier alpha value is -2.11. The van der Waals surface area contributed by atoms with E-state index in [0.717, 1.165) is 5.82 Å². The number of carbonyl (C=O) groups is 2. The van der Waals surface area contributed by atoms with Crippen molar-refractivity contribution >= 4 is 23.4 Å². The quantitative estimate of drug-likeness (QED) is 0.757. The molecule has 6 heteroatoms. The van der Waals surface area contributed by atoms with Gasteiger partial charge in [0.1, 0.15) is 11.7 Å². The van der Waals surface area contributed by atoms with Crippen LogP contribution in [0.2, 0.25) is 0 Å². The highest BCUT2D eigenvalue weighted by molar-refractivity contribution is 6.03. The van der Waals surface area contributed by atoms with E-state index in [2.05, 4.69) is 10.3 Å². The summed E-state index contributed by atoms with van der Waals surface area (Å²) in [7, 11) is 3.71. The Morgan fingerprint density at radius 3 is 2.47 bits per heavy atom. The van der Waals surface area contributed by atoms with Gasteiger partial charge in [-0.3, -0.25) is 9.59 Å². The molecule has 1 rings (SSSR count). The van der Waals surface area contributed by atoms with E-state index in [1.165, 1.54) is 13.1 Å². The van der Waals surface area contributed by atoms with E-state index in [1.54, 1.807) is 12.1 Å². The lowest BCUT2D eigenvalue weighted by atomic mass is 10.1. The zero-order chi connectivity index (χ0) is 13.0. The molecule has 1 aromatic heterocycles. The average Bonchev–Trinajstić information content (AvgIpc) is 2.28. The fourth-order valence-electron chi connectivity index (χ4n) is 1.09. The first-order chi connectivity index (χ1) is 7.91. The number of amides is 1. The summed E-state index contributed by atoms with van der Waals surface area (Å²) < 4.78 is 0. The highest BCUT2D eigenvalue weighted by Gasteiger charge is 2.20. The number of anilines is 2. The van der Waals surface area contributed by atoms with Crippen LogP contribution < -0.4 is 10.2 Å². The lowest BCUT2D eigenvalue weighted by molar-refractivity contribution is -0.144. The van der Waals surface area contributed by atoms with E-state index in [0.29, 0.717) is 5.69 Å². The van der Waals surface area contributed by atoms with Crippen LogP contribution in [0.25, 0.3) is 0 Å². The van der Waals surface area contributed by atoms with Gasteiger partial charge >= 0.3 is 5.97 Å². The van der Waals surface area contributed by atoms with Crippen molar-refractivity contribution in [2.45, 2.75) is 6.92 Å². The third-order valence-electron chi connectivity index (χ3n) is 2.24. The van der Waals surface area contributed by atoms with Gasteiger partial charge in [0.25, 0.3) is 0 Å². The van der Waals surface area contributed by atoms with Crippen molar-refractivity contribution in [3.63, 3.8) is 0 Å². The van der Waals surface area contributed by atoms with Crippen LogP contribution in [0.15, 0.2) is 18.3 Å². The number of aromatic nitrogens is 1. The maximum atomic E-state index is 11.4. The van der Waals surface area contributed by atoms with Crippen LogP contribution in [0.3, 0.4) is 0 Å². The predicted molar refractivity (Wildman–Crippen MR) is 64.0 cm³/mol. The number of pyridine rings is 1. The van der Waals surface area contributed by atoms with Crippen molar-refractivity contribution in [2.75, 3.05) is 24.3 Å². The third-order valence-corrected chi connectivity index (χ3v) is 2.24. The number of hydrogen-bond acceptors (Lipinski definition) is 4.